The molecule has 2 heterocycles. The highest BCUT2D eigenvalue weighted by Gasteiger charge is 2.17. The fourth-order valence-electron chi connectivity index (χ4n) is 3.01. The van der Waals surface area contributed by atoms with E-state index in [2.05, 4.69) is 40.5 Å². The predicted molar refractivity (Wildman–Crippen MR) is 126 cm³/mol. The molecule has 0 fully saturated rings. The van der Waals surface area contributed by atoms with Gasteiger partial charge in [-0.25, -0.2) is 0 Å². The summed E-state index contributed by atoms with van der Waals surface area (Å²) in [5.74, 6) is 2.00. The van der Waals surface area contributed by atoms with E-state index in [-0.39, 0.29) is 11.7 Å². The van der Waals surface area contributed by atoms with Gasteiger partial charge < -0.3 is 14.8 Å². The maximum atomic E-state index is 12.6. The van der Waals surface area contributed by atoms with Crippen molar-refractivity contribution in [2.45, 2.75) is 31.5 Å². The lowest BCUT2D eigenvalue weighted by Crippen LogP contribution is -2.15. The summed E-state index contributed by atoms with van der Waals surface area (Å²) >= 11 is 3.06. The number of thioether (sulfide) groups is 1. The lowest BCUT2D eigenvalue weighted by molar-refractivity contribution is -0.113. The van der Waals surface area contributed by atoms with Gasteiger partial charge in [0, 0.05) is 28.4 Å². The maximum Gasteiger partial charge on any atom is 0.234 e. The topological polar surface area (TPSA) is 78.3 Å². The van der Waals surface area contributed by atoms with Crippen molar-refractivity contribution in [3.63, 3.8) is 0 Å². The van der Waals surface area contributed by atoms with Crippen molar-refractivity contribution in [1.29, 1.82) is 0 Å². The first-order valence-corrected chi connectivity index (χ1v) is 11.7. The third-order valence-corrected chi connectivity index (χ3v) is 6.41. The average Bonchev–Trinajstić information content (AvgIpc) is 3.39. The van der Waals surface area contributed by atoms with E-state index in [4.69, 9.17) is 9.47 Å². The molecule has 0 aliphatic carbocycles. The molecule has 0 radical (unpaired) electrons. The third kappa shape index (κ3) is 5.68. The number of rotatable bonds is 11. The summed E-state index contributed by atoms with van der Waals surface area (Å²) in [7, 11) is 3.13. The molecule has 3 aromatic rings. The molecule has 0 aliphatic rings. The van der Waals surface area contributed by atoms with Gasteiger partial charge in [-0.05, 0) is 24.6 Å². The zero-order valence-electron chi connectivity index (χ0n) is 17.9. The van der Waals surface area contributed by atoms with Gasteiger partial charge in [-0.1, -0.05) is 31.2 Å². The molecule has 2 aromatic heterocycles. The van der Waals surface area contributed by atoms with E-state index in [1.54, 1.807) is 49.8 Å². The Balaban J connectivity index is 1.72. The van der Waals surface area contributed by atoms with Gasteiger partial charge in [-0.15, -0.1) is 28.1 Å². The first-order chi connectivity index (χ1) is 15.1. The fraction of sp³-hybridized carbons (Fsp3) is 0.318. The van der Waals surface area contributed by atoms with Crippen molar-refractivity contribution in [1.82, 2.24) is 14.8 Å². The minimum Gasteiger partial charge on any atom is -0.497 e. The number of hydrogen-bond donors (Lipinski definition) is 1. The van der Waals surface area contributed by atoms with Crippen LogP contribution in [0.15, 0.2) is 47.5 Å². The van der Waals surface area contributed by atoms with Gasteiger partial charge in [0.25, 0.3) is 0 Å². The second-order valence-corrected chi connectivity index (χ2v) is 8.60. The summed E-state index contributed by atoms with van der Waals surface area (Å²) in [5, 5.41) is 14.3. The molecule has 0 saturated carbocycles. The Bertz CT molecular complexity index is 1050. The molecule has 3 rings (SSSR count). The molecule has 0 unspecified atom stereocenters. The summed E-state index contributed by atoms with van der Waals surface area (Å²) in [6.07, 6.45) is 3.96. The van der Waals surface area contributed by atoms with E-state index in [1.807, 2.05) is 4.57 Å². The van der Waals surface area contributed by atoms with E-state index >= 15 is 0 Å². The molecule has 0 spiro atoms. The van der Waals surface area contributed by atoms with E-state index in [9.17, 15) is 4.79 Å². The Morgan fingerprint density at radius 1 is 1.29 bits per heavy atom. The van der Waals surface area contributed by atoms with Crippen molar-refractivity contribution in [2.75, 3.05) is 25.3 Å². The monoisotopic (exact) mass is 458 g/mol. The molecule has 1 N–H and O–H groups in total. The minimum atomic E-state index is -0.174. The SMILES string of the molecule is C=CCn1c(SCC(=O)Nc2cc(OC)ccc2OC)nnc1-c1csc(CCC)c1. The van der Waals surface area contributed by atoms with E-state index < -0.39 is 0 Å². The van der Waals surface area contributed by atoms with Crippen LogP contribution in [0, 0.1) is 0 Å². The number of aryl methyl sites for hydroxylation is 1. The highest BCUT2D eigenvalue weighted by Crippen LogP contribution is 2.30. The maximum absolute atomic E-state index is 12.6. The van der Waals surface area contributed by atoms with Crippen molar-refractivity contribution in [3.8, 4) is 22.9 Å². The number of carbonyl (C=O) groups is 1. The average molecular weight is 459 g/mol. The third-order valence-electron chi connectivity index (χ3n) is 4.45. The molecular weight excluding hydrogens is 432 g/mol. The van der Waals surface area contributed by atoms with E-state index in [1.165, 1.54) is 16.6 Å². The number of benzene rings is 1. The van der Waals surface area contributed by atoms with E-state index in [0.717, 1.165) is 24.2 Å². The van der Waals surface area contributed by atoms with Crippen LogP contribution in [0.1, 0.15) is 18.2 Å². The number of nitrogens with one attached hydrogen (secondary N) is 1. The highest BCUT2D eigenvalue weighted by atomic mass is 32.2. The number of anilines is 1. The number of amides is 1. The molecule has 0 aliphatic heterocycles. The Morgan fingerprint density at radius 3 is 2.84 bits per heavy atom. The summed E-state index contributed by atoms with van der Waals surface area (Å²) in [6.45, 7) is 6.58. The fourth-order valence-corrected chi connectivity index (χ4v) is 4.72. The van der Waals surface area contributed by atoms with Gasteiger partial charge in [-0.2, -0.15) is 0 Å². The van der Waals surface area contributed by atoms with Gasteiger partial charge >= 0.3 is 0 Å². The smallest absolute Gasteiger partial charge is 0.234 e. The number of aromatic nitrogens is 3. The van der Waals surface area contributed by atoms with Crippen molar-refractivity contribution >= 4 is 34.7 Å². The zero-order valence-corrected chi connectivity index (χ0v) is 19.5. The standard InChI is InChI=1S/C22H26N4O3S2/c1-5-7-17-11-15(13-30-17)21-24-25-22(26(21)10-6-2)31-14-20(27)23-18-12-16(28-3)8-9-19(18)29-4/h6,8-9,11-13H,2,5,7,10,14H2,1,3-4H3,(H,23,27). The van der Waals surface area contributed by atoms with Crippen LogP contribution in [0.3, 0.4) is 0 Å². The molecule has 7 nitrogen and oxygen atoms in total. The molecular formula is C22H26N4O3S2. The quantitative estimate of drug-likeness (QED) is 0.325. The summed E-state index contributed by atoms with van der Waals surface area (Å²) < 4.78 is 12.5. The first-order valence-electron chi connectivity index (χ1n) is 9.86. The van der Waals surface area contributed by atoms with Crippen LogP contribution in [0.4, 0.5) is 5.69 Å². The van der Waals surface area contributed by atoms with Crippen LogP contribution in [-0.4, -0.2) is 40.6 Å². The summed E-state index contributed by atoms with van der Waals surface area (Å²) in [4.78, 5) is 13.9. The Labute approximate surface area is 190 Å². The van der Waals surface area contributed by atoms with Crippen LogP contribution in [0.2, 0.25) is 0 Å². The summed E-state index contributed by atoms with van der Waals surface area (Å²) in [5.41, 5.74) is 1.60. The number of ether oxygens (including phenoxy) is 2. The van der Waals surface area contributed by atoms with Crippen LogP contribution in [0.5, 0.6) is 11.5 Å². The van der Waals surface area contributed by atoms with Gasteiger partial charge in [-0.3, -0.25) is 9.36 Å². The minimum absolute atomic E-state index is 0.174. The Hall–Kier alpha value is -2.78. The van der Waals surface area contributed by atoms with Gasteiger partial charge in [0.2, 0.25) is 5.91 Å². The molecule has 1 aromatic carbocycles. The second kappa shape index (κ2) is 11.0. The van der Waals surface area contributed by atoms with Crippen molar-refractivity contribution in [2.24, 2.45) is 0 Å². The predicted octanol–water partition coefficient (Wildman–Crippen LogP) is 4.89. The second-order valence-electron chi connectivity index (χ2n) is 6.66. The largest absolute Gasteiger partial charge is 0.497 e. The number of carbonyl (C=O) groups excluding carboxylic acids is 1. The van der Waals surface area contributed by atoms with Gasteiger partial charge in [0.05, 0.1) is 25.7 Å². The Morgan fingerprint density at radius 2 is 2.13 bits per heavy atom. The van der Waals surface area contributed by atoms with Gasteiger partial charge in [0.15, 0.2) is 11.0 Å². The molecule has 31 heavy (non-hydrogen) atoms. The molecule has 0 saturated heterocycles. The lowest BCUT2D eigenvalue weighted by Gasteiger charge is -2.12. The number of allylic oxidation sites excluding steroid dienone is 1. The Kier molecular flexibility index (Phi) is 8.13. The number of hydrogen-bond acceptors (Lipinski definition) is 7. The molecule has 164 valence electrons. The number of nitrogens with zero attached hydrogens (tertiary/aromatic N) is 3. The van der Waals surface area contributed by atoms with E-state index in [0.29, 0.717) is 28.9 Å². The van der Waals surface area contributed by atoms with Crippen molar-refractivity contribution < 1.29 is 14.3 Å². The normalized spacial score (nSPS) is 10.7. The number of thiophene rings is 1. The first kappa shape index (κ1) is 22.9. The van der Waals surface area contributed by atoms with Crippen LogP contribution in [-0.2, 0) is 17.8 Å². The van der Waals surface area contributed by atoms with Crippen LogP contribution < -0.4 is 14.8 Å². The zero-order chi connectivity index (χ0) is 22.2. The highest BCUT2D eigenvalue weighted by molar-refractivity contribution is 7.99. The van der Waals surface area contributed by atoms with Crippen molar-refractivity contribution in [3.05, 3.63) is 47.2 Å². The number of methoxy groups -OCH3 is 2. The molecule has 0 atom stereocenters. The van der Waals surface area contributed by atoms with Crippen LogP contribution >= 0.6 is 23.1 Å². The molecule has 9 heteroatoms. The lowest BCUT2D eigenvalue weighted by atomic mass is 10.2. The molecule has 0 bridgehead atoms. The van der Waals surface area contributed by atoms with Crippen LogP contribution in [0.25, 0.3) is 11.4 Å². The molecule has 1 amide bonds. The summed E-state index contributed by atoms with van der Waals surface area (Å²) in [6, 6.07) is 7.42. The van der Waals surface area contributed by atoms with Gasteiger partial charge in [0.1, 0.15) is 11.5 Å².